The Balaban J connectivity index is 1.93. The molecular weight excluding hydrogens is 184 g/mol. The van der Waals surface area contributed by atoms with Gasteiger partial charge in [-0.1, -0.05) is 12.1 Å². The number of hydrogen-bond donors (Lipinski definition) is 2. The number of rotatable bonds is 2. The Kier molecular flexibility index (Phi) is 2.17. The summed E-state index contributed by atoms with van der Waals surface area (Å²) in [5, 5.41) is 3.71. The molecule has 1 aromatic rings. The molecule has 2 heteroatoms. The molecule has 1 aromatic carbocycles. The molecule has 3 N–H and O–H groups in total. The molecule has 1 fully saturated rings. The van der Waals surface area contributed by atoms with E-state index in [2.05, 4.69) is 17.4 Å². The second-order valence-corrected chi connectivity index (χ2v) is 4.81. The molecule has 0 bridgehead atoms. The van der Waals surface area contributed by atoms with Gasteiger partial charge >= 0.3 is 0 Å². The third-order valence-electron chi connectivity index (χ3n) is 3.53. The molecule has 80 valence electrons. The molecule has 1 atom stereocenters. The van der Waals surface area contributed by atoms with E-state index in [0.717, 1.165) is 11.7 Å². The predicted octanol–water partition coefficient (Wildman–Crippen LogP) is 2.40. The molecule has 2 nitrogen and oxygen atoms in total. The van der Waals surface area contributed by atoms with Gasteiger partial charge in [-0.05, 0) is 49.3 Å². The third-order valence-corrected chi connectivity index (χ3v) is 3.53. The van der Waals surface area contributed by atoms with Crippen LogP contribution in [0.25, 0.3) is 0 Å². The number of nitrogens with one attached hydrogen (secondary N) is 1. The summed E-state index contributed by atoms with van der Waals surface area (Å²) in [6.07, 6.45) is 6.43. The lowest BCUT2D eigenvalue weighted by molar-refractivity contribution is 0.459. The summed E-state index contributed by atoms with van der Waals surface area (Å²) in [4.78, 5) is 0. The Hall–Kier alpha value is -1.02. The van der Waals surface area contributed by atoms with E-state index in [4.69, 9.17) is 5.73 Å². The minimum absolute atomic E-state index is 0.516. The van der Waals surface area contributed by atoms with E-state index < -0.39 is 0 Å². The monoisotopic (exact) mass is 202 g/mol. The molecule has 2 aliphatic carbocycles. The van der Waals surface area contributed by atoms with Crippen molar-refractivity contribution in [1.82, 2.24) is 5.32 Å². The molecule has 0 aromatic heterocycles. The van der Waals surface area contributed by atoms with Crippen LogP contribution in [0.2, 0.25) is 0 Å². The highest BCUT2D eigenvalue weighted by Crippen LogP contribution is 2.36. The fourth-order valence-corrected chi connectivity index (χ4v) is 2.62. The summed E-state index contributed by atoms with van der Waals surface area (Å²) in [7, 11) is 0. The fourth-order valence-electron chi connectivity index (χ4n) is 2.62. The average molecular weight is 202 g/mol. The van der Waals surface area contributed by atoms with Crippen LogP contribution in [-0.2, 0) is 6.42 Å². The van der Waals surface area contributed by atoms with Crippen molar-refractivity contribution in [2.24, 2.45) is 0 Å². The van der Waals surface area contributed by atoms with Crippen LogP contribution in [-0.4, -0.2) is 6.04 Å². The van der Waals surface area contributed by atoms with Gasteiger partial charge in [-0.2, -0.15) is 0 Å². The smallest absolute Gasteiger partial charge is 0.0365 e. The maximum Gasteiger partial charge on any atom is 0.0365 e. The van der Waals surface area contributed by atoms with Gasteiger partial charge in [0, 0.05) is 17.8 Å². The Morgan fingerprint density at radius 3 is 2.87 bits per heavy atom. The summed E-state index contributed by atoms with van der Waals surface area (Å²) in [5.41, 5.74) is 9.91. The second kappa shape index (κ2) is 3.53. The topological polar surface area (TPSA) is 38.0 Å². The molecular formula is C13H18N2. The Bertz CT molecular complexity index is 369. The first-order valence-corrected chi connectivity index (χ1v) is 5.98. The van der Waals surface area contributed by atoms with Gasteiger partial charge in [0.05, 0.1) is 0 Å². The molecule has 0 saturated heterocycles. The van der Waals surface area contributed by atoms with Crippen molar-refractivity contribution in [3.63, 3.8) is 0 Å². The standard InChI is InChI=1S/C13H18N2/c14-11-5-1-3-9-4-2-6-12(13(9)11)15-10-7-8-10/h1,3,5,10,12,15H,2,4,6-8,14H2. The van der Waals surface area contributed by atoms with E-state index in [1.807, 2.05) is 6.07 Å². The van der Waals surface area contributed by atoms with E-state index in [1.165, 1.54) is 43.2 Å². The van der Waals surface area contributed by atoms with E-state index in [1.54, 1.807) is 0 Å². The fraction of sp³-hybridized carbons (Fsp3) is 0.538. The zero-order valence-corrected chi connectivity index (χ0v) is 9.00. The van der Waals surface area contributed by atoms with Crippen LogP contribution in [0, 0.1) is 0 Å². The number of nitrogens with two attached hydrogens (primary N) is 1. The largest absolute Gasteiger partial charge is 0.398 e. The van der Waals surface area contributed by atoms with Crippen LogP contribution in [0.3, 0.4) is 0 Å². The number of anilines is 1. The quantitative estimate of drug-likeness (QED) is 0.723. The summed E-state index contributed by atoms with van der Waals surface area (Å²) in [6.45, 7) is 0. The summed E-state index contributed by atoms with van der Waals surface area (Å²) in [6, 6.07) is 7.62. The highest BCUT2D eigenvalue weighted by atomic mass is 15.0. The lowest BCUT2D eigenvalue weighted by Gasteiger charge is -2.27. The Morgan fingerprint density at radius 2 is 2.07 bits per heavy atom. The van der Waals surface area contributed by atoms with Crippen LogP contribution in [0.1, 0.15) is 42.9 Å². The highest BCUT2D eigenvalue weighted by molar-refractivity contribution is 5.53. The molecule has 1 unspecified atom stereocenters. The van der Waals surface area contributed by atoms with E-state index in [9.17, 15) is 0 Å². The lowest BCUT2D eigenvalue weighted by atomic mass is 9.86. The third kappa shape index (κ3) is 1.74. The van der Waals surface area contributed by atoms with E-state index >= 15 is 0 Å². The van der Waals surface area contributed by atoms with Crippen LogP contribution in [0.15, 0.2) is 18.2 Å². The first-order valence-electron chi connectivity index (χ1n) is 5.98. The molecule has 0 amide bonds. The van der Waals surface area contributed by atoms with E-state index in [-0.39, 0.29) is 0 Å². The van der Waals surface area contributed by atoms with Gasteiger partial charge in [-0.3, -0.25) is 0 Å². The van der Waals surface area contributed by atoms with Gasteiger partial charge in [0.15, 0.2) is 0 Å². The summed E-state index contributed by atoms with van der Waals surface area (Å²) >= 11 is 0. The van der Waals surface area contributed by atoms with Gasteiger partial charge in [-0.25, -0.2) is 0 Å². The molecule has 0 spiro atoms. The van der Waals surface area contributed by atoms with Crippen molar-refractivity contribution >= 4 is 5.69 Å². The average Bonchev–Trinajstić information content (AvgIpc) is 3.02. The predicted molar refractivity (Wildman–Crippen MR) is 62.7 cm³/mol. The molecule has 0 heterocycles. The molecule has 0 radical (unpaired) electrons. The summed E-state index contributed by atoms with van der Waals surface area (Å²) in [5.74, 6) is 0. The van der Waals surface area contributed by atoms with Gasteiger partial charge in [-0.15, -0.1) is 0 Å². The number of benzene rings is 1. The first-order chi connectivity index (χ1) is 7.34. The van der Waals surface area contributed by atoms with Gasteiger partial charge in [0.2, 0.25) is 0 Å². The van der Waals surface area contributed by atoms with Gasteiger partial charge in [0.1, 0.15) is 0 Å². The van der Waals surface area contributed by atoms with Crippen molar-refractivity contribution in [2.45, 2.75) is 44.2 Å². The van der Waals surface area contributed by atoms with Crippen LogP contribution in [0.5, 0.6) is 0 Å². The minimum Gasteiger partial charge on any atom is -0.398 e. The number of hydrogen-bond acceptors (Lipinski definition) is 2. The number of nitrogen functional groups attached to an aromatic ring is 1. The summed E-state index contributed by atoms with van der Waals surface area (Å²) < 4.78 is 0. The SMILES string of the molecule is Nc1cccc2c1C(NC1CC1)CCC2. The maximum absolute atomic E-state index is 6.09. The van der Waals surface area contributed by atoms with Crippen LogP contribution < -0.4 is 11.1 Å². The zero-order valence-electron chi connectivity index (χ0n) is 9.00. The van der Waals surface area contributed by atoms with Crippen LogP contribution >= 0.6 is 0 Å². The van der Waals surface area contributed by atoms with Gasteiger partial charge in [0.25, 0.3) is 0 Å². The Labute approximate surface area is 90.9 Å². The van der Waals surface area contributed by atoms with Crippen LogP contribution in [0.4, 0.5) is 5.69 Å². The normalized spacial score (nSPS) is 24.9. The first kappa shape index (κ1) is 9.22. The maximum atomic E-state index is 6.09. The van der Waals surface area contributed by atoms with Gasteiger partial charge < -0.3 is 11.1 Å². The second-order valence-electron chi connectivity index (χ2n) is 4.81. The molecule has 1 saturated carbocycles. The van der Waals surface area contributed by atoms with Crippen molar-refractivity contribution in [2.75, 3.05) is 5.73 Å². The minimum atomic E-state index is 0.516. The highest BCUT2D eigenvalue weighted by Gasteiger charge is 2.28. The van der Waals surface area contributed by atoms with Crippen molar-refractivity contribution < 1.29 is 0 Å². The lowest BCUT2D eigenvalue weighted by Crippen LogP contribution is -2.27. The zero-order chi connectivity index (χ0) is 10.3. The molecule has 3 rings (SSSR count). The van der Waals surface area contributed by atoms with Crippen molar-refractivity contribution in [3.8, 4) is 0 Å². The van der Waals surface area contributed by atoms with Crippen molar-refractivity contribution in [1.29, 1.82) is 0 Å². The van der Waals surface area contributed by atoms with E-state index in [0.29, 0.717) is 6.04 Å². The molecule has 15 heavy (non-hydrogen) atoms. The van der Waals surface area contributed by atoms with Crippen molar-refractivity contribution in [3.05, 3.63) is 29.3 Å². The Morgan fingerprint density at radius 1 is 1.20 bits per heavy atom. The number of fused-ring (bicyclic) bond motifs is 1. The molecule has 2 aliphatic rings. The molecule has 0 aliphatic heterocycles. The number of aryl methyl sites for hydroxylation is 1.